The Labute approximate surface area is 117 Å². The highest BCUT2D eigenvalue weighted by atomic mass is 16.5. The molecule has 6 heteroatoms. The number of hydrogen-bond donors (Lipinski definition) is 2. The lowest BCUT2D eigenvalue weighted by Gasteiger charge is -2.14. The molecule has 1 rings (SSSR count). The number of nitrogens with one attached hydrogen (secondary N) is 1. The lowest BCUT2D eigenvalue weighted by atomic mass is 10.1. The van der Waals surface area contributed by atoms with Gasteiger partial charge in [0.25, 0.3) is 5.91 Å². The zero-order valence-corrected chi connectivity index (χ0v) is 11.3. The molecular weight excluding hydrogens is 260 g/mol. The zero-order valence-electron chi connectivity index (χ0n) is 11.3. The number of aromatic nitrogens is 1. The van der Waals surface area contributed by atoms with Crippen molar-refractivity contribution in [1.82, 2.24) is 10.3 Å². The number of ether oxygens (including phenoxy) is 1. The molecule has 0 saturated heterocycles. The summed E-state index contributed by atoms with van der Waals surface area (Å²) in [4.78, 5) is 27.1. The van der Waals surface area contributed by atoms with Crippen molar-refractivity contribution in [2.24, 2.45) is 0 Å². The summed E-state index contributed by atoms with van der Waals surface area (Å²) in [6, 6.07) is 2.17. The Kier molecular flexibility index (Phi) is 6.22. The van der Waals surface area contributed by atoms with E-state index in [0.717, 1.165) is 0 Å². The average Bonchev–Trinajstić information content (AvgIpc) is 2.43. The molecule has 1 unspecified atom stereocenters. The molecule has 0 radical (unpaired) electrons. The molecule has 0 bridgehead atoms. The van der Waals surface area contributed by atoms with Crippen LogP contribution in [0.15, 0.2) is 31.0 Å². The summed E-state index contributed by atoms with van der Waals surface area (Å²) in [6.45, 7) is 5.68. The van der Waals surface area contributed by atoms with Gasteiger partial charge in [-0.3, -0.25) is 4.79 Å². The van der Waals surface area contributed by atoms with E-state index in [2.05, 4.69) is 16.9 Å². The lowest BCUT2D eigenvalue weighted by molar-refractivity contribution is -0.139. The van der Waals surface area contributed by atoms with E-state index >= 15 is 0 Å². The summed E-state index contributed by atoms with van der Waals surface area (Å²) >= 11 is 0. The van der Waals surface area contributed by atoms with Crippen LogP contribution in [-0.4, -0.2) is 34.6 Å². The van der Waals surface area contributed by atoms with Crippen LogP contribution in [0.2, 0.25) is 0 Å². The van der Waals surface area contributed by atoms with Crippen LogP contribution in [0.25, 0.3) is 0 Å². The van der Waals surface area contributed by atoms with E-state index in [1.807, 2.05) is 0 Å². The SMILES string of the molecule is C=CCCC(NC(=O)c1cccnc1OCC)C(=O)O. The van der Waals surface area contributed by atoms with Crippen LogP contribution in [0.5, 0.6) is 5.88 Å². The zero-order chi connectivity index (χ0) is 15.0. The summed E-state index contributed by atoms with van der Waals surface area (Å²) in [6.07, 6.45) is 3.91. The fourth-order valence-electron chi connectivity index (χ4n) is 1.59. The van der Waals surface area contributed by atoms with Crippen molar-refractivity contribution in [1.29, 1.82) is 0 Å². The lowest BCUT2D eigenvalue weighted by Crippen LogP contribution is -2.40. The molecule has 20 heavy (non-hydrogen) atoms. The van der Waals surface area contributed by atoms with E-state index in [1.54, 1.807) is 25.1 Å². The van der Waals surface area contributed by atoms with Gasteiger partial charge in [0.15, 0.2) is 0 Å². The summed E-state index contributed by atoms with van der Waals surface area (Å²) < 4.78 is 5.25. The predicted octanol–water partition coefficient (Wildman–Crippen LogP) is 1.63. The van der Waals surface area contributed by atoms with E-state index in [-0.39, 0.29) is 17.9 Å². The molecular formula is C14H18N2O4. The van der Waals surface area contributed by atoms with Crippen molar-refractivity contribution in [2.75, 3.05) is 6.61 Å². The van der Waals surface area contributed by atoms with Crippen molar-refractivity contribution >= 4 is 11.9 Å². The molecule has 108 valence electrons. The number of carboxylic acids is 1. The van der Waals surface area contributed by atoms with Gasteiger partial charge in [0, 0.05) is 6.20 Å². The van der Waals surface area contributed by atoms with Gasteiger partial charge in [0.2, 0.25) is 5.88 Å². The highest BCUT2D eigenvalue weighted by Crippen LogP contribution is 2.14. The number of allylic oxidation sites excluding steroid dienone is 1. The van der Waals surface area contributed by atoms with Crippen molar-refractivity contribution in [3.05, 3.63) is 36.5 Å². The number of hydrogen-bond acceptors (Lipinski definition) is 4. The normalized spacial score (nSPS) is 11.4. The maximum Gasteiger partial charge on any atom is 0.326 e. The monoisotopic (exact) mass is 278 g/mol. The minimum atomic E-state index is -1.08. The maximum absolute atomic E-state index is 12.1. The number of pyridine rings is 1. The summed E-state index contributed by atoms with van der Waals surface area (Å²) in [5, 5.41) is 11.5. The van der Waals surface area contributed by atoms with Gasteiger partial charge < -0.3 is 15.2 Å². The fraction of sp³-hybridized carbons (Fsp3) is 0.357. The van der Waals surface area contributed by atoms with Crippen LogP contribution < -0.4 is 10.1 Å². The largest absolute Gasteiger partial charge is 0.480 e. The second-order valence-corrected chi connectivity index (χ2v) is 4.02. The van der Waals surface area contributed by atoms with E-state index in [9.17, 15) is 9.59 Å². The first-order chi connectivity index (χ1) is 9.60. The van der Waals surface area contributed by atoms with Gasteiger partial charge >= 0.3 is 5.97 Å². The van der Waals surface area contributed by atoms with Crippen molar-refractivity contribution in [3.8, 4) is 5.88 Å². The minimum absolute atomic E-state index is 0.195. The second kappa shape index (κ2) is 7.93. The summed E-state index contributed by atoms with van der Waals surface area (Å²) in [5.74, 6) is -1.40. The van der Waals surface area contributed by atoms with Crippen LogP contribution in [0.4, 0.5) is 0 Å². The number of carbonyl (C=O) groups is 2. The van der Waals surface area contributed by atoms with E-state index in [1.165, 1.54) is 6.20 Å². The van der Waals surface area contributed by atoms with Crippen molar-refractivity contribution in [3.63, 3.8) is 0 Å². The second-order valence-electron chi connectivity index (χ2n) is 4.02. The van der Waals surface area contributed by atoms with Crippen LogP contribution in [0.1, 0.15) is 30.1 Å². The smallest absolute Gasteiger partial charge is 0.326 e. The fourth-order valence-corrected chi connectivity index (χ4v) is 1.59. The number of carboxylic acid groups (broad SMARTS) is 1. The van der Waals surface area contributed by atoms with Crippen LogP contribution in [-0.2, 0) is 4.79 Å². The Hall–Kier alpha value is -2.37. The Morgan fingerprint density at radius 1 is 1.60 bits per heavy atom. The molecule has 1 heterocycles. The van der Waals surface area contributed by atoms with Gasteiger partial charge in [-0.15, -0.1) is 6.58 Å². The Balaban J connectivity index is 2.83. The van der Waals surface area contributed by atoms with Gasteiger partial charge in [0.1, 0.15) is 11.6 Å². The molecule has 0 aromatic carbocycles. The Bertz CT molecular complexity index is 488. The number of carbonyl (C=O) groups excluding carboxylic acids is 1. The van der Waals surface area contributed by atoms with Crippen molar-refractivity contribution in [2.45, 2.75) is 25.8 Å². The molecule has 0 saturated carbocycles. The maximum atomic E-state index is 12.1. The summed E-state index contributed by atoms with van der Waals surface area (Å²) in [7, 11) is 0. The predicted molar refractivity (Wildman–Crippen MR) is 73.7 cm³/mol. The third-order valence-electron chi connectivity index (χ3n) is 2.56. The summed E-state index contributed by atoms with van der Waals surface area (Å²) in [5.41, 5.74) is 0.221. The van der Waals surface area contributed by atoms with Gasteiger partial charge in [-0.25, -0.2) is 9.78 Å². The van der Waals surface area contributed by atoms with Crippen LogP contribution in [0.3, 0.4) is 0 Å². The number of rotatable bonds is 8. The molecule has 1 aromatic rings. The third-order valence-corrected chi connectivity index (χ3v) is 2.56. The number of nitrogens with zero attached hydrogens (tertiary/aromatic N) is 1. The van der Waals surface area contributed by atoms with Gasteiger partial charge in [-0.05, 0) is 31.9 Å². The molecule has 1 atom stereocenters. The van der Waals surface area contributed by atoms with Gasteiger partial charge in [-0.1, -0.05) is 6.08 Å². The van der Waals surface area contributed by atoms with Crippen LogP contribution in [0, 0.1) is 0 Å². The quantitative estimate of drug-likeness (QED) is 0.705. The molecule has 0 aliphatic carbocycles. The van der Waals surface area contributed by atoms with E-state index in [0.29, 0.717) is 13.0 Å². The molecule has 0 aliphatic rings. The molecule has 1 amide bonds. The van der Waals surface area contributed by atoms with E-state index < -0.39 is 17.9 Å². The molecule has 0 aliphatic heterocycles. The highest BCUT2D eigenvalue weighted by Gasteiger charge is 2.22. The van der Waals surface area contributed by atoms with Crippen molar-refractivity contribution < 1.29 is 19.4 Å². The topological polar surface area (TPSA) is 88.5 Å². The highest BCUT2D eigenvalue weighted by molar-refractivity contribution is 5.98. The first-order valence-electron chi connectivity index (χ1n) is 6.32. The third kappa shape index (κ3) is 4.38. The van der Waals surface area contributed by atoms with Crippen LogP contribution >= 0.6 is 0 Å². The Morgan fingerprint density at radius 3 is 2.95 bits per heavy atom. The van der Waals surface area contributed by atoms with Gasteiger partial charge in [0.05, 0.1) is 6.61 Å². The van der Waals surface area contributed by atoms with Gasteiger partial charge in [-0.2, -0.15) is 0 Å². The Morgan fingerprint density at radius 2 is 2.35 bits per heavy atom. The molecule has 2 N–H and O–H groups in total. The number of aliphatic carboxylic acids is 1. The van der Waals surface area contributed by atoms with E-state index in [4.69, 9.17) is 9.84 Å². The minimum Gasteiger partial charge on any atom is -0.480 e. The average molecular weight is 278 g/mol. The molecule has 0 fully saturated rings. The number of amides is 1. The first kappa shape index (κ1) is 15.7. The molecule has 0 spiro atoms. The molecule has 1 aromatic heterocycles. The molecule has 6 nitrogen and oxygen atoms in total. The first-order valence-corrected chi connectivity index (χ1v) is 6.32. The standard InChI is InChI=1S/C14H18N2O4/c1-3-5-8-11(14(18)19)16-12(17)10-7-6-9-15-13(10)20-4-2/h3,6-7,9,11H,1,4-5,8H2,2H3,(H,16,17)(H,18,19).